The van der Waals surface area contributed by atoms with Crippen LogP contribution in [0.3, 0.4) is 0 Å². The highest BCUT2D eigenvalue weighted by Gasteiger charge is 2.22. The van der Waals surface area contributed by atoms with Crippen LogP contribution < -0.4 is 5.32 Å². The second-order valence-corrected chi connectivity index (χ2v) is 6.67. The number of nitrogens with zero attached hydrogens (tertiary/aromatic N) is 2. The molecule has 1 aliphatic heterocycles. The van der Waals surface area contributed by atoms with E-state index in [1.54, 1.807) is 31.3 Å². The lowest BCUT2D eigenvalue weighted by Crippen LogP contribution is -2.38. The number of likely N-dealkylation sites (tertiary alicyclic amines) is 1. The van der Waals surface area contributed by atoms with Gasteiger partial charge in [-0.3, -0.25) is 9.59 Å². The first kappa shape index (κ1) is 17.1. The topological polar surface area (TPSA) is 62.3 Å². The van der Waals surface area contributed by atoms with E-state index < -0.39 is 0 Å². The van der Waals surface area contributed by atoms with Gasteiger partial charge in [0.15, 0.2) is 5.78 Å². The molecular weight excluding hydrogens is 314 g/mol. The van der Waals surface area contributed by atoms with Gasteiger partial charge in [-0.1, -0.05) is 6.92 Å². The molecule has 0 spiro atoms. The molecule has 0 unspecified atom stereocenters. The van der Waals surface area contributed by atoms with Crippen LogP contribution in [0.4, 0.5) is 11.4 Å². The maximum absolute atomic E-state index is 12.5. The number of hydrogen-bond donors (Lipinski definition) is 1. The van der Waals surface area contributed by atoms with E-state index in [-0.39, 0.29) is 11.7 Å². The standard InChI is InChI=1S/C20H23N3O2/c1-14-9-11-23(12-10-14)20(25)19-8-7-18(13-21-19)22-17-5-3-16(4-6-17)15(2)24/h3-8,13-14,22H,9-12H2,1-2H3. The molecule has 0 bridgehead atoms. The first-order chi connectivity index (χ1) is 12.0. The Morgan fingerprint density at radius 2 is 1.68 bits per heavy atom. The number of carbonyl (C=O) groups excluding carboxylic acids is 2. The maximum Gasteiger partial charge on any atom is 0.272 e. The van der Waals surface area contributed by atoms with Gasteiger partial charge in [0.1, 0.15) is 5.69 Å². The summed E-state index contributed by atoms with van der Waals surface area (Å²) in [5.41, 5.74) is 2.84. The summed E-state index contributed by atoms with van der Waals surface area (Å²) in [5, 5.41) is 3.22. The smallest absolute Gasteiger partial charge is 0.272 e. The number of ketones is 1. The lowest BCUT2D eigenvalue weighted by Gasteiger charge is -2.30. The summed E-state index contributed by atoms with van der Waals surface area (Å²) in [5.74, 6) is 0.741. The number of rotatable bonds is 4. The van der Waals surface area contributed by atoms with Gasteiger partial charge in [0.25, 0.3) is 5.91 Å². The summed E-state index contributed by atoms with van der Waals surface area (Å²) in [6.07, 6.45) is 3.78. The van der Waals surface area contributed by atoms with Crippen molar-refractivity contribution in [2.24, 2.45) is 5.92 Å². The quantitative estimate of drug-likeness (QED) is 0.860. The van der Waals surface area contributed by atoms with Crippen molar-refractivity contribution < 1.29 is 9.59 Å². The molecule has 0 radical (unpaired) electrons. The van der Waals surface area contributed by atoms with Crippen molar-refractivity contribution in [3.05, 3.63) is 53.9 Å². The molecule has 130 valence electrons. The van der Waals surface area contributed by atoms with Crippen LogP contribution in [0.25, 0.3) is 0 Å². The second-order valence-electron chi connectivity index (χ2n) is 6.67. The van der Waals surface area contributed by atoms with E-state index in [2.05, 4.69) is 17.2 Å². The van der Waals surface area contributed by atoms with Gasteiger partial charge in [-0.25, -0.2) is 4.98 Å². The average Bonchev–Trinajstić information content (AvgIpc) is 2.63. The minimum absolute atomic E-state index is 0.00395. The van der Waals surface area contributed by atoms with Crippen LogP contribution in [0.2, 0.25) is 0 Å². The zero-order chi connectivity index (χ0) is 17.8. The molecule has 1 fully saturated rings. The van der Waals surface area contributed by atoms with Crippen LogP contribution in [0.5, 0.6) is 0 Å². The first-order valence-electron chi connectivity index (χ1n) is 8.66. The van der Waals surface area contributed by atoms with Gasteiger partial charge in [0.2, 0.25) is 0 Å². The Morgan fingerprint density at radius 3 is 2.24 bits per heavy atom. The number of nitrogens with one attached hydrogen (secondary N) is 1. The number of carbonyl (C=O) groups is 2. The highest BCUT2D eigenvalue weighted by molar-refractivity contribution is 5.94. The minimum atomic E-state index is 0.00395. The van der Waals surface area contributed by atoms with Gasteiger partial charge < -0.3 is 10.2 Å². The molecule has 3 rings (SSSR count). The molecule has 1 aromatic carbocycles. The monoisotopic (exact) mass is 337 g/mol. The number of aromatic nitrogens is 1. The Kier molecular flexibility index (Phi) is 5.12. The molecule has 1 amide bonds. The van der Waals surface area contributed by atoms with Gasteiger partial charge in [-0.05, 0) is 62.1 Å². The van der Waals surface area contributed by atoms with E-state index in [4.69, 9.17) is 0 Å². The predicted molar refractivity (Wildman–Crippen MR) is 98.3 cm³/mol. The molecule has 0 saturated carbocycles. The average molecular weight is 337 g/mol. The Bertz CT molecular complexity index is 746. The number of anilines is 2. The van der Waals surface area contributed by atoms with Gasteiger partial charge in [-0.2, -0.15) is 0 Å². The van der Waals surface area contributed by atoms with Gasteiger partial charge >= 0.3 is 0 Å². The summed E-state index contributed by atoms with van der Waals surface area (Å²) < 4.78 is 0. The van der Waals surface area contributed by atoms with E-state index in [0.717, 1.165) is 37.3 Å². The Morgan fingerprint density at radius 1 is 1.04 bits per heavy atom. The molecule has 1 saturated heterocycles. The highest BCUT2D eigenvalue weighted by Crippen LogP contribution is 2.20. The summed E-state index contributed by atoms with van der Waals surface area (Å²) in [6.45, 7) is 5.39. The van der Waals surface area contributed by atoms with Crippen molar-refractivity contribution in [3.63, 3.8) is 0 Å². The lowest BCUT2D eigenvalue weighted by molar-refractivity contribution is 0.0691. The number of benzene rings is 1. The number of Topliss-reactive ketones (excluding diaryl/α,β-unsaturated/α-hetero) is 1. The molecule has 5 nitrogen and oxygen atoms in total. The molecule has 25 heavy (non-hydrogen) atoms. The third-order valence-corrected chi connectivity index (χ3v) is 4.63. The number of piperidine rings is 1. The van der Waals surface area contributed by atoms with Crippen LogP contribution >= 0.6 is 0 Å². The zero-order valence-corrected chi connectivity index (χ0v) is 14.7. The predicted octanol–water partition coefficient (Wildman–Crippen LogP) is 3.90. The van der Waals surface area contributed by atoms with E-state index in [1.807, 2.05) is 23.1 Å². The van der Waals surface area contributed by atoms with Gasteiger partial charge in [0, 0.05) is 24.3 Å². The number of hydrogen-bond acceptors (Lipinski definition) is 4. The van der Waals surface area contributed by atoms with Crippen molar-refractivity contribution >= 4 is 23.1 Å². The summed E-state index contributed by atoms with van der Waals surface area (Å²) in [6, 6.07) is 10.9. The fourth-order valence-corrected chi connectivity index (χ4v) is 2.92. The molecule has 0 aliphatic carbocycles. The van der Waals surface area contributed by atoms with Crippen molar-refractivity contribution in [1.29, 1.82) is 0 Å². The fraction of sp³-hybridized carbons (Fsp3) is 0.350. The number of amides is 1. The maximum atomic E-state index is 12.5. The lowest BCUT2D eigenvalue weighted by atomic mass is 9.99. The molecule has 1 aliphatic rings. The summed E-state index contributed by atoms with van der Waals surface area (Å²) in [7, 11) is 0. The first-order valence-corrected chi connectivity index (χ1v) is 8.66. The Hall–Kier alpha value is -2.69. The van der Waals surface area contributed by atoms with E-state index in [0.29, 0.717) is 17.2 Å². The SMILES string of the molecule is CC(=O)c1ccc(Nc2ccc(C(=O)N3CCC(C)CC3)nc2)cc1. The molecular formula is C20H23N3O2. The van der Waals surface area contributed by atoms with Crippen LogP contribution in [-0.4, -0.2) is 34.7 Å². The second kappa shape index (κ2) is 7.47. The molecule has 0 atom stereocenters. The van der Waals surface area contributed by atoms with E-state index >= 15 is 0 Å². The summed E-state index contributed by atoms with van der Waals surface area (Å²) in [4.78, 5) is 30.0. The third kappa shape index (κ3) is 4.24. The molecule has 1 N–H and O–H groups in total. The third-order valence-electron chi connectivity index (χ3n) is 4.63. The van der Waals surface area contributed by atoms with Crippen molar-refractivity contribution in [2.75, 3.05) is 18.4 Å². The molecule has 5 heteroatoms. The van der Waals surface area contributed by atoms with Crippen LogP contribution in [0.1, 0.15) is 47.5 Å². The fourth-order valence-electron chi connectivity index (χ4n) is 2.92. The summed E-state index contributed by atoms with van der Waals surface area (Å²) >= 11 is 0. The van der Waals surface area contributed by atoms with Gasteiger partial charge in [0.05, 0.1) is 11.9 Å². The largest absolute Gasteiger partial charge is 0.354 e. The molecule has 2 heterocycles. The van der Waals surface area contributed by atoms with Crippen molar-refractivity contribution in [3.8, 4) is 0 Å². The van der Waals surface area contributed by atoms with Crippen molar-refractivity contribution in [2.45, 2.75) is 26.7 Å². The molecule has 1 aromatic heterocycles. The normalized spacial score (nSPS) is 15.0. The van der Waals surface area contributed by atoms with E-state index in [9.17, 15) is 9.59 Å². The highest BCUT2D eigenvalue weighted by atomic mass is 16.2. The zero-order valence-electron chi connectivity index (χ0n) is 14.7. The van der Waals surface area contributed by atoms with Crippen LogP contribution in [-0.2, 0) is 0 Å². The molecule has 2 aromatic rings. The Labute approximate surface area is 148 Å². The van der Waals surface area contributed by atoms with Crippen molar-refractivity contribution in [1.82, 2.24) is 9.88 Å². The van der Waals surface area contributed by atoms with Gasteiger partial charge in [-0.15, -0.1) is 0 Å². The minimum Gasteiger partial charge on any atom is -0.354 e. The van der Waals surface area contributed by atoms with E-state index in [1.165, 1.54) is 0 Å². The number of pyridine rings is 1. The van der Waals surface area contributed by atoms with Crippen LogP contribution in [0, 0.1) is 5.92 Å². The van der Waals surface area contributed by atoms with Crippen LogP contribution in [0.15, 0.2) is 42.6 Å². The Balaban J connectivity index is 1.63.